The molecule has 0 spiro atoms. The average molecular weight is 543 g/mol. The van der Waals surface area contributed by atoms with E-state index in [9.17, 15) is 0 Å². The van der Waals surface area contributed by atoms with E-state index in [1.807, 2.05) is 0 Å². The van der Waals surface area contributed by atoms with Crippen LogP contribution in [0.3, 0.4) is 0 Å². The van der Waals surface area contributed by atoms with Crippen molar-refractivity contribution in [2.24, 2.45) is 4.99 Å². The van der Waals surface area contributed by atoms with Gasteiger partial charge in [0.1, 0.15) is 0 Å². The number of halogens is 1. The normalized spacial score (nSPS) is 19.1. The summed E-state index contributed by atoms with van der Waals surface area (Å²) in [6.07, 6.45) is 4.08. The van der Waals surface area contributed by atoms with Gasteiger partial charge in [-0.2, -0.15) is 0 Å². The van der Waals surface area contributed by atoms with Crippen molar-refractivity contribution >= 4 is 29.9 Å². The van der Waals surface area contributed by atoms with Crippen molar-refractivity contribution in [2.75, 3.05) is 65.4 Å². The van der Waals surface area contributed by atoms with Gasteiger partial charge in [0.15, 0.2) is 5.96 Å². The van der Waals surface area contributed by atoms with Gasteiger partial charge in [-0.25, -0.2) is 4.99 Å². The summed E-state index contributed by atoms with van der Waals surface area (Å²) in [6.45, 7) is 17.4. The Kier molecular flexibility index (Phi) is 12.8. The lowest BCUT2D eigenvalue weighted by Crippen LogP contribution is -2.45. The molecule has 2 N–H and O–H groups in total. The fraction of sp³-hybridized carbons (Fsp3) is 0.708. The zero-order chi connectivity index (χ0) is 21.0. The Morgan fingerprint density at radius 2 is 1.52 bits per heavy atom. The Hall–Kier alpha value is -0.900. The fourth-order valence-electron chi connectivity index (χ4n) is 4.39. The van der Waals surface area contributed by atoms with Crippen molar-refractivity contribution in [3.8, 4) is 0 Å². The summed E-state index contributed by atoms with van der Waals surface area (Å²) in [5, 5.41) is 6.94. The molecule has 0 amide bonds. The minimum atomic E-state index is 0. The Labute approximate surface area is 206 Å². The Bertz CT molecular complexity index is 639. The maximum atomic E-state index is 4.89. The number of likely N-dealkylation sites (tertiary alicyclic amines) is 1. The predicted molar refractivity (Wildman–Crippen MR) is 142 cm³/mol. The highest BCUT2D eigenvalue weighted by Gasteiger charge is 2.16. The molecule has 2 aliphatic rings. The minimum absolute atomic E-state index is 0. The smallest absolute Gasteiger partial charge is 0.191 e. The van der Waals surface area contributed by atoms with E-state index < -0.39 is 0 Å². The lowest BCUT2D eigenvalue weighted by atomic mass is 10.1. The maximum absolute atomic E-state index is 4.89. The fourth-order valence-corrected chi connectivity index (χ4v) is 4.39. The van der Waals surface area contributed by atoms with Gasteiger partial charge in [-0.15, -0.1) is 24.0 Å². The van der Waals surface area contributed by atoms with Gasteiger partial charge in [-0.05, 0) is 50.5 Å². The van der Waals surface area contributed by atoms with Crippen LogP contribution in [-0.4, -0.2) is 86.1 Å². The molecule has 2 heterocycles. The number of rotatable bonds is 9. The molecule has 0 aromatic heterocycles. The Morgan fingerprint density at radius 3 is 2.19 bits per heavy atom. The van der Waals surface area contributed by atoms with E-state index in [2.05, 4.69) is 63.4 Å². The molecule has 0 saturated carbocycles. The Morgan fingerprint density at radius 1 is 0.839 bits per heavy atom. The van der Waals surface area contributed by atoms with Crippen LogP contribution in [0.5, 0.6) is 0 Å². The van der Waals surface area contributed by atoms with Crippen LogP contribution in [0.25, 0.3) is 0 Å². The molecule has 0 atom stereocenters. The number of piperidine rings is 1. The van der Waals surface area contributed by atoms with Gasteiger partial charge in [0.2, 0.25) is 0 Å². The first-order chi connectivity index (χ1) is 14.8. The quantitative estimate of drug-likeness (QED) is 0.286. The molecule has 0 bridgehead atoms. The highest BCUT2D eigenvalue weighted by molar-refractivity contribution is 14.0. The second-order valence-corrected chi connectivity index (χ2v) is 8.50. The minimum Gasteiger partial charge on any atom is -0.357 e. The van der Waals surface area contributed by atoms with Crippen LogP contribution in [0, 0.1) is 0 Å². The van der Waals surface area contributed by atoms with Crippen molar-refractivity contribution in [1.82, 2.24) is 25.3 Å². The standard InChI is InChI=1S/C24H42N6.HI/c1-3-25-24(26-12-15-29-13-8-5-9-14-29)27-20-22-10-6-7-11-23(22)21-30-18-16-28(4-2)17-19-30;/h6-7,10-11H,3-5,8-9,12-21H2,1-2H3,(H2,25,26,27);1H. The van der Waals surface area contributed by atoms with Crippen LogP contribution < -0.4 is 10.6 Å². The number of likely N-dealkylation sites (N-methyl/N-ethyl adjacent to an activating group) is 1. The van der Waals surface area contributed by atoms with Crippen molar-refractivity contribution < 1.29 is 0 Å². The third-order valence-corrected chi connectivity index (χ3v) is 6.35. The maximum Gasteiger partial charge on any atom is 0.191 e. The summed E-state index contributed by atoms with van der Waals surface area (Å²) in [7, 11) is 0. The van der Waals surface area contributed by atoms with Gasteiger partial charge in [-0.3, -0.25) is 4.90 Å². The first kappa shape index (κ1) is 26.4. The van der Waals surface area contributed by atoms with E-state index >= 15 is 0 Å². The van der Waals surface area contributed by atoms with E-state index in [1.165, 1.54) is 56.6 Å². The number of hydrogen-bond donors (Lipinski definition) is 2. The molecular formula is C24H43IN6. The molecule has 6 nitrogen and oxygen atoms in total. The second kappa shape index (κ2) is 15.0. The molecule has 7 heteroatoms. The molecule has 1 aromatic rings. The first-order valence-corrected chi connectivity index (χ1v) is 12.0. The number of piperazine rings is 1. The molecule has 1 aromatic carbocycles. The van der Waals surface area contributed by atoms with Crippen molar-refractivity contribution in [1.29, 1.82) is 0 Å². The largest absolute Gasteiger partial charge is 0.357 e. The Balaban J connectivity index is 0.00000341. The lowest BCUT2D eigenvalue weighted by molar-refractivity contribution is 0.131. The van der Waals surface area contributed by atoms with E-state index in [1.54, 1.807) is 0 Å². The number of benzene rings is 1. The molecule has 0 aliphatic carbocycles. The van der Waals surface area contributed by atoms with Gasteiger partial charge in [0, 0.05) is 52.4 Å². The molecule has 2 fully saturated rings. The average Bonchev–Trinajstić information content (AvgIpc) is 2.79. The molecule has 3 rings (SSSR count). The summed E-state index contributed by atoms with van der Waals surface area (Å²) in [4.78, 5) is 12.6. The number of hydrogen-bond acceptors (Lipinski definition) is 4. The molecule has 31 heavy (non-hydrogen) atoms. The highest BCUT2D eigenvalue weighted by Crippen LogP contribution is 2.14. The van der Waals surface area contributed by atoms with Gasteiger partial charge in [0.25, 0.3) is 0 Å². The van der Waals surface area contributed by atoms with Crippen molar-refractivity contribution in [3.05, 3.63) is 35.4 Å². The first-order valence-electron chi connectivity index (χ1n) is 12.0. The van der Waals surface area contributed by atoms with Gasteiger partial charge >= 0.3 is 0 Å². The van der Waals surface area contributed by atoms with Crippen molar-refractivity contribution in [2.45, 2.75) is 46.2 Å². The van der Waals surface area contributed by atoms with E-state index in [-0.39, 0.29) is 24.0 Å². The van der Waals surface area contributed by atoms with Crippen LogP contribution in [0.2, 0.25) is 0 Å². The van der Waals surface area contributed by atoms with Crippen LogP contribution in [0.1, 0.15) is 44.2 Å². The molecule has 176 valence electrons. The number of nitrogens with zero attached hydrogens (tertiary/aromatic N) is 4. The van der Waals surface area contributed by atoms with Crippen LogP contribution >= 0.6 is 24.0 Å². The van der Waals surface area contributed by atoms with Gasteiger partial charge in [0.05, 0.1) is 6.54 Å². The molecular weight excluding hydrogens is 499 g/mol. The van der Waals surface area contributed by atoms with Crippen LogP contribution in [0.15, 0.2) is 29.3 Å². The molecule has 2 saturated heterocycles. The zero-order valence-electron chi connectivity index (χ0n) is 19.6. The predicted octanol–water partition coefficient (Wildman–Crippen LogP) is 2.98. The SMILES string of the molecule is CCNC(=NCc1ccccc1CN1CCN(CC)CC1)NCCN1CCCCC1.I. The second-order valence-electron chi connectivity index (χ2n) is 8.50. The lowest BCUT2D eigenvalue weighted by Gasteiger charge is -2.34. The summed E-state index contributed by atoms with van der Waals surface area (Å²) >= 11 is 0. The summed E-state index contributed by atoms with van der Waals surface area (Å²) in [5.41, 5.74) is 2.75. The van der Waals surface area contributed by atoms with E-state index in [4.69, 9.17) is 4.99 Å². The third-order valence-electron chi connectivity index (χ3n) is 6.35. The summed E-state index contributed by atoms with van der Waals surface area (Å²) in [5.74, 6) is 0.931. The van der Waals surface area contributed by atoms with Crippen LogP contribution in [0.4, 0.5) is 0 Å². The highest BCUT2D eigenvalue weighted by atomic mass is 127. The summed E-state index contributed by atoms with van der Waals surface area (Å²) < 4.78 is 0. The molecule has 0 radical (unpaired) electrons. The van der Waals surface area contributed by atoms with E-state index in [0.717, 1.165) is 58.3 Å². The molecule has 2 aliphatic heterocycles. The van der Waals surface area contributed by atoms with Crippen molar-refractivity contribution in [3.63, 3.8) is 0 Å². The van der Waals surface area contributed by atoms with E-state index in [0.29, 0.717) is 0 Å². The van der Waals surface area contributed by atoms with Gasteiger partial charge < -0.3 is 20.4 Å². The number of aliphatic imine (C=N–C) groups is 1. The molecule has 0 unspecified atom stereocenters. The monoisotopic (exact) mass is 542 g/mol. The topological polar surface area (TPSA) is 46.1 Å². The van der Waals surface area contributed by atoms with Crippen LogP contribution in [-0.2, 0) is 13.1 Å². The summed E-state index contributed by atoms with van der Waals surface area (Å²) in [6, 6.07) is 8.80. The third kappa shape index (κ3) is 9.24. The number of nitrogens with one attached hydrogen (secondary N) is 2. The zero-order valence-corrected chi connectivity index (χ0v) is 21.9. The van der Waals surface area contributed by atoms with Gasteiger partial charge in [-0.1, -0.05) is 37.6 Å². The number of guanidine groups is 1.